The van der Waals surface area contributed by atoms with Gasteiger partial charge in [0, 0.05) is 59.2 Å². The summed E-state index contributed by atoms with van der Waals surface area (Å²) in [4.78, 5) is 82.0. The zero-order valence-electron chi connectivity index (χ0n) is 32.6. The van der Waals surface area contributed by atoms with Crippen LogP contribution in [0.5, 0.6) is 0 Å². The lowest BCUT2D eigenvalue weighted by Gasteiger charge is -2.49. The average Bonchev–Trinajstić information content (AvgIpc) is 4.04. The van der Waals surface area contributed by atoms with Gasteiger partial charge in [0.2, 0.25) is 23.0 Å². The number of amides is 4. The van der Waals surface area contributed by atoms with Crippen molar-refractivity contribution in [3.63, 3.8) is 0 Å². The second-order valence-electron chi connectivity index (χ2n) is 14.5. The second-order valence-corrected chi connectivity index (χ2v) is 16.4. The van der Waals surface area contributed by atoms with Gasteiger partial charge in [-0.1, -0.05) is 109 Å². The summed E-state index contributed by atoms with van der Waals surface area (Å²) in [5.41, 5.74) is 6.82. The normalized spacial score (nSPS) is 21.0. The minimum atomic E-state index is -1.36. The summed E-state index contributed by atoms with van der Waals surface area (Å²) in [6.45, 7) is 4.81. The van der Waals surface area contributed by atoms with E-state index < -0.39 is 40.9 Å². The molecule has 5 heterocycles. The number of aromatic nitrogens is 2. The fraction of sp³-hybridized carbons (Fsp3) is 0.256. The average molecular weight is 861 g/mol. The Balaban J connectivity index is 1.04. The largest absolute Gasteiger partial charge is 0.477 e. The Morgan fingerprint density at radius 3 is 2.20 bits per heavy atom. The van der Waals surface area contributed by atoms with E-state index in [0.29, 0.717) is 60.3 Å². The number of hydrogen-bond donors (Lipinski definition) is 3. The summed E-state index contributed by atoms with van der Waals surface area (Å²) in [6.07, 6.45) is 3.51. The standard InChI is InChI=1S/C43H40N8O8S2/c1-2-22-58-42(57)49-20-19-31(24-49)50-21-18-26(37(50)53)23-27-25-60-39-33(38(54)51(39)34(27)40(55)56)45-36(52)32(35-46-41(44)61-48-35)47-59-43(28-12-6-3-7-13-28,29-14-8-4-9-15-29)30-16-10-5-11-17-30/h2-17,23,31,33,39H,1,18-22,24-25H2,(H,45,52)(H,55,56)(H2,44,46,48)/b26-23+,47-32-/t31-,33-,39-/m1/s1. The molecule has 1 aromatic heterocycles. The molecule has 4 aliphatic heterocycles. The van der Waals surface area contributed by atoms with Gasteiger partial charge in [-0.25, -0.2) is 9.59 Å². The zero-order chi connectivity index (χ0) is 42.7. The molecule has 4 aromatic rings. The number of ether oxygens (including phenoxy) is 1. The van der Waals surface area contributed by atoms with Crippen molar-refractivity contribution in [2.24, 2.45) is 5.16 Å². The summed E-state index contributed by atoms with van der Waals surface area (Å²) < 4.78 is 9.39. The van der Waals surface area contributed by atoms with Gasteiger partial charge < -0.3 is 35.5 Å². The number of carboxylic acid groups (broad SMARTS) is 1. The molecule has 4 aliphatic rings. The van der Waals surface area contributed by atoms with E-state index in [2.05, 4.69) is 26.4 Å². The van der Waals surface area contributed by atoms with Crippen LogP contribution in [0.1, 0.15) is 35.4 Å². The number of aliphatic carboxylic acids is 1. The number of nitrogens with one attached hydrogen (secondary N) is 1. The Bertz CT molecular complexity index is 2360. The topological polar surface area (TPSA) is 210 Å². The van der Waals surface area contributed by atoms with Crippen molar-refractivity contribution in [3.05, 3.63) is 149 Å². The molecule has 18 heteroatoms. The van der Waals surface area contributed by atoms with Gasteiger partial charge in [0.15, 0.2) is 5.13 Å². The summed E-state index contributed by atoms with van der Waals surface area (Å²) in [6, 6.07) is 26.8. The van der Waals surface area contributed by atoms with E-state index in [4.69, 9.17) is 15.3 Å². The lowest BCUT2D eigenvalue weighted by atomic mass is 9.80. The lowest BCUT2D eigenvalue weighted by Crippen LogP contribution is -2.71. The van der Waals surface area contributed by atoms with Gasteiger partial charge in [0.05, 0.1) is 6.04 Å². The van der Waals surface area contributed by atoms with Crippen LogP contribution in [-0.4, -0.2) is 114 Å². The maximum absolute atomic E-state index is 14.3. The monoisotopic (exact) mass is 860 g/mol. The first-order chi connectivity index (χ1) is 29.6. The Kier molecular flexibility index (Phi) is 11.7. The summed E-state index contributed by atoms with van der Waals surface area (Å²) in [7, 11) is 0. The van der Waals surface area contributed by atoms with Crippen molar-refractivity contribution in [1.82, 2.24) is 29.4 Å². The molecule has 0 saturated carbocycles. The van der Waals surface area contributed by atoms with E-state index in [9.17, 15) is 29.1 Å². The van der Waals surface area contributed by atoms with Gasteiger partial charge in [0.25, 0.3) is 11.8 Å². The number of carbonyl (C=O) groups excluding carboxylic acids is 4. The molecule has 0 unspecified atom stereocenters. The number of anilines is 1. The SMILES string of the molecule is C=CCOC(=O)N1CC[C@@H](N2CC/C(=C\C3=C(C(=O)O)N4C(=O)[C@@H](NC(=O)/C(=N\OC(c5ccccc5)(c5ccccc5)c5ccccc5)c5nsc(N)n5)[C@H]4SC3)C2=O)C1. The molecule has 3 saturated heterocycles. The molecule has 16 nitrogen and oxygen atoms in total. The van der Waals surface area contributed by atoms with E-state index in [1.807, 2.05) is 91.0 Å². The minimum absolute atomic E-state index is 0.0700. The molecule has 61 heavy (non-hydrogen) atoms. The third-order valence-corrected chi connectivity index (χ3v) is 12.7. The van der Waals surface area contributed by atoms with Crippen molar-refractivity contribution in [3.8, 4) is 0 Å². The zero-order valence-corrected chi connectivity index (χ0v) is 34.2. The van der Waals surface area contributed by atoms with Crippen molar-refractivity contribution in [2.75, 3.05) is 37.7 Å². The van der Waals surface area contributed by atoms with Crippen LogP contribution in [-0.2, 0) is 34.4 Å². The highest BCUT2D eigenvalue weighted by atomic mass is 32.2. The summed E-state index contributed by atoms with van der Waals surface area (Å²) in [5, 5.41) is 16.9. The lowest BCUT2D eigenvalue weighted by molar-refractivity contribution is -0.150. The predicted molar refractivity (Wildman–Crippen MR) is 227 cm³/mol. The summed E-state index contributed by atoms with van der Waals surface area (Å²) in [5.74, 6) is -3.09. The number of carbonyl (C=O) groups is 5. The van der Waals surface area contributed by atoms with Gasteiger partial charge in [0.1, 0.15) is 23.7 Å². The van der Waals surface area contributed by atoms with E-state index in [1.54, 1.807) is 15.9 Å². The number of allylic oxidation sites excluding steroid dienone is 1. The molecule has 0 spiro atoms. The Morgan fingerprint density at radius 1 is 0.984 bits per heavy atom. The highest BCUT2D eigenvalue weighted by Gasteiger charge is 2.55. The van der Waals surface area contributed by atoms with Gasteiger partial charge in [-0.15, -0.1) is 11.8 Å². The van der Waals surface area contributed by atoms with Crippen LogP contribution >= 0.6 is 23.3 Å². The quantitative estimate of drug-likeness (QED) is 0.0433. The van der Waals surface area contributed by atoms with E-state index in [0.717, 1.165) is 16.4 Å². The molecule has 3 aromatic carbocycles. The van der Waals surface area contributed by atoms with Crippen LogP contribution in [0, 0.1) is 0 Å². The molecular formula is C43H40N8O8S2. The first kappa shape index (κ1) is 41.0. The predicted octanol–water partition coefficient (Wildman–Crippen LogP) is 4.13. The first-order valence-corrected chi connectivity index (χ1v) is 21.2. The molecular weight excluding hydrogens is 821 g/mol. The molecule has 0 radical (unpaired) electrons. The second kappa shape index (κ2) is 17.4. The molecule has 312 valence electrons. The van der Waals surface area contributed by atoms with Crippen LogP contribution in [0.2, 0.25) is 0 Å². The Morgan fingerprint density at radius 2 is 1.62 bits per heavy atom. The van der Waals surface area contributed by atoms with Gasteiger partial charge in [-0.2, -0.15) is 9.36 Å². The van der Waals surface area contributed by atoms with Crippen LogP contribution < -0.4 is 11.1 Å². The number of fused-ring (bicyclic) bond motifs is 1. The van der Waals surface area contributed by atoms with Crippen molar-refractivity contribution >= 4 is 63.9 Å². The molecule has 3 fully saturated rings. The van der Waals surface area contributed by atoms with E-state index in [1.165, 1.54) is 17.8 Å². The third-order valence-electron chi connectivity index (χ3n) is 10.9. The number of benzene rings is 3. The molecule has 8 rings (SSSR count). The smallest absolute Gasteiger partial charge is 0.410 e. The number of nitrogens with zero attached hydrogens (tertiary/aromatic N) is 6. The van der Waals surface area contributed by atoms with Crippen molar-refractivity contribution in [2.45, 2.75) is 35.9 Å². The highest BCUT2D eigenvalue weighted by Crippen LogP contribution is 2.43. The molecule has 0 bridgehead atoms. The maximum atomic E-state index is 14.3. The number of β-lactam (4-membered cyclic amide) rings is 1. The van der Waals surface area contributed by atoms with Crippen LogP contribution in [0.3, 0.4) is 0 Å². The van der Waals surface area contributed by atoms with Crippen LogP contribution in [0.25, 0.3) is 0 Å². The van der Waals surface area contributed by atoms with E-state index in [-0.39, 0.29) is 46.7 Å². The van der Waals surface area contributed by atoms with Crippen LogP contribution in [0.15, 0.2) is 132 Å². The molecule has 3 atom stereocenters. The molecule has 4 N–H and O–H groups in total. The van der Waals surface area contributed by atoms with Crippen molar-refractivity contribution < 1.29 is 38.7 Å². The summed E-state index contributed by atoms with van der Waals surface area (Å²) >= 11 is 2.10. The van der Waals surface area contributed by atoms with Crippen LogP contribution in [0.4, 0.5) is 9.93 Å². The number of nitrogen functional groups attached to an aromatic ring is 1. The molecule has 0 aliphatic carbocycles. The number of carboxylic acids is 1. The Hall–Kier alpha value is -6.79. The van der Waals surface area contributed by atoms with Crippen molar-refractivity contribution in [1.29, 1.82) is 0 Å². The third kappa shape index (κ3) is 7.86. The number of hydrogen-bond acceptors (Lipinski definition) is 13. The number of nitrogens with two attached hydrogens (primary N) is 1. The molecule has 4 amide bonds. The van der Waals surface area contributed by atoms with Gasteiger partial charge in [-0.05, 0) is 24.5 Å². The fourth-order valence-electron chi connectivity index (χ4n) is 7.98. The van der Waals surface area contributed by atoms with Gasteiger partial charge >= 0.3 is 12.1 Å². The highest BCUT2D eigenvalue weighted by molar-refractivity contribution is 8.00. The maximum Gasteiger partial charge on any atom is 0.410 e. The fourth-order valence-corrected chi connectivity index (χ4v) is 9.72. The minimum Gasteiger partial charge on any atom is -0.477 e. The van der Waals surface area contributed by atoms with Gasteiger partial charge in [-0.3, -0.25) is 19.3 Å². The Labute approximate surface area is 358 Å². The van der Waals surface area contributed by atoms with E-state index >= 15 is 0 Å². The number of rotatable bonds is 13. The number of oxime groups is 1. The first-order valence-electron chi connectivity index (χ1n) is 19.4. The number of likely N-dealkylation sites (tertiary alicyclic amines) is 2. The number of thioether (sulfide) groups is 1.